The summed E-state index contributed by atoms with van der Waals surface area (Å²) in [6, 6.07) is 6.76. The molecule has 0 fully saturated rings. The molecule has 2 heterocycles. The van der Waals surface area contributed by atoms with Crippen molar-refractivity contribution in [1.29, 1.82) is 0 Å². The van der Waals surface area contributed by atoms with Crippen LogP contribution in [0, 0.1) is 0 Å². The van der Waals surface area contributed by atoms with Gasteiger partial charge in [0.25, 0.3) is 5.91 Å². The first-order valence-electron chi connectivity index (χ1n) is 6.19. The van der Waals surface area contributed by atoms with Crippen LogP contribution in [0.2, 0.25) is 0 Å². The lowest BCUT2D eigenvalue weighted by atomic mass is 10.2. The topological polar surface area (TPSA) is 138 Å². The molecule has 108 valence electrons. The van der Waals surface area contributed by atoms with Crippen LogP contribution in [-0.2, 0) is 4.79 Å². The molecule has 9 nitrogen and oxygen atoms in total. The Balaban J connectivity index is 2.29. The number of imidazole rings is 1. The number of amides is 1. The molecule has 0 aliphatic heterocycles. The number of nitrogen functional groups attached to an aromatic ring is 1. The van der Waals surface area contributed by atoms with Crippen molar-refractivity contribution in [3.63, 3.8) is 0 Å². The van der Waals surface area contributed by atoms with E-state index in [2.05, 4.69) is 25.4 Å². The van der Waals surface area contributed by atoms with Gasteiger partial charge in [0, 0.05) is 0 Å². The fourth-order valence-electron chi connectivity index (χ4n) is 2.19. The van der Waals surface area contributed by atoms with Crippen LogP contribution >= 0.6 is 0 Å². The highest BCUT2D eigenvalue weighted by molar-refractivity contribution is 5.87. The highest BCUT2D eigenvalue weighted by Crippen LogP contribution is 2.29. The molecular formula is C12H13N7O2. The summed E-state index contributed by atoms with van der Waals surface area (Å²) in [5, 5.41) is 7.29. The maximum absolute atomic E-state index is 11.9. The standard InChI is InChI=1S/C12H13N7O2/c1-6(12(20)16-14)19-8-5-3-2-4-7(8)15-11(19)9-10(13)18-21-17-9/h2-6H,14H2,1H3,(H2,13,18)(H,16,20)/t6-/m1/s1. The van der Waals surface area contributed by atoms with Crippen LogP contribution in [0.5, 0.6) is 0 Å². The van der Waals surface area contributed by atoms with E-state index >= 15 is 0 Å². The summed E-state index contributed by atoms with van der Waals surface area (Å²) >= 11 is 0. The second-order valence-electron chi connectivity index (χ2n) is 4.48. The minimum Gasteiger partial charge on any atom is -0.379 e. The second kappa shape index (κ2) is 4.87. The summed E-state index contributed by atoms with van der Waals surface area (Å²) in [5.41, 5.74) is 9.59. The highest BCUT2D eigenvalue weighted by Gasteiger charge is 2.25. The summed E-state index contributed by atoms with van der Waals surface area (Å²) in [4.78, 5) is 16.3. The predicted octanol–water partition coefficient (Wildman–Crippen LogP) is 0.219. The molecule has 0 saturated carbocycles. The van der Waals surface area contributed by atoms with Crippen LogP contribution in [0.15, 0.2) is 28.9 Å². The van der Waals surface area contributed by atoms with E-state index in [0.29, 0.717) is 11.3 Å². The van der Waals surface area contributed by atoms with Crippen molar-refractivity contribution < 1.29 is 9.42 Å². The number of carbonyl (C=O) groups excluding carboxylic acids is 1. The van der Waals surface area contributed by atoms with E-state index in [0.717, 1.165) is 5.52 Å². The number of anilines is 1. The maximum Gasteiger partial charge on any atom is 0.256 e. The monoisotopic (exact) mass is 287 g/mol. The molecule has 9 heteroatoms. The number of nitrogens with two attached hydrogens (primary N) is 2. The molecule has 21 heavy (non-hydrogen) atoms. The Kier molecular flexibility index (Phi) is 3.03. The van der Waals surface area contributed by atoms with Crippen molar-refractivity contribution in [3.05, 3.63) is 24.3 Å². The largest absolute Gasteiger partial charge is 0.379 e. The number of nitrogens with one attached hydrogen (secondary N) is 1. The van der Waals surface area contributed by atoms with Gasteiger partial charge in [0.1, 0.15) is 6.04 Å². The van der Waals surface area contributed by atoms with Crippen molar-refractivity contribution in [2.75, 3.05) is 5.73 Å². The average Bonchev–Trinajstić information content (AvgIpc) is 3.08. The minimum absolute atomic E-state index is 0.104. The van der Waals surface area contributed by atoms with Gasteiger partial charge in [-0.3, -0.25) is 10.2 Å². The second-order valence-corrected chi connectivity index (χ2v) is 4.48. The molecule has 1 aromatic carbocycles. The molecule has 3 rings (SSSR count). The lowest BCUT2D eigenvalue weighted by Crippen LogP contribution is -2.36. The van der Waals surface area contributed by atoms with Gasteiger partial charge in [0.15, 0.2) is 17.3 Å². The Morgan fingerprint density at radius 3 is 2.81 bits per heavy atom. The van der Waals surface area contributed by atoms with Crippen molar-refractivity contribution in [3.8, 4) is 11.5 Å². The Hall–Kier alpha value is -2.94. The van der Waals surface area contributed by atoms with Gasteiger partial charge in [0.05, 0.1) is 11.0 Å². The Labute approximate surface area is 118 Å². The zero-order valence-electron chi connectivity index (χ0n) is 11.1. The summed E-state index contributed by atoms with van der Waals surface area (Å²) in [7, 11) is 0. The molecule has 0 bridgehead atoms. The Bertz CT molecular complexity index is 807. The van der Waals surface area contributed by atoms with Crippen LogP contribution in [-0.4, -0.2) is 25.8 Å². The number of fused-ring (bicyclic) bond motifs is 1. The van der Waals surface area contributed by atoms with E-state index < -0.39 is 6.04 Å². The number of rotatable bonds is 3. The lowest BCUT2D eigenvalue weighted by molar-refractivity contribution is -0.123. The molecule has 1 amide bonds. The first-order valence-corrected chi connectivity index (χ1v) is 6.19. The van der Waals surface area contributed by atoms with E-state index in [1.807, 2.05) is 24.3 Å². The molecule has 0 radical (unpaired) electrons. The van der Waals surface area contributed by atoms with Gasteiger partial charge >= 0.3 is 0 Å². The van der Waals surface area contributed by atoms with Gasteiger partial charge in [-0.1, -0.05) is 12.1 Å². The van der Waals surface area contributed by atoms with Crippen LogP contribution in [0.3, 0.4) is 0 Å². The molecule has 0 aliphatic rings. The van der Waals surface area contributed by atoms with Crippen LogP contribution in [0.4, 0.5) is 5.82 Å². The summed E-state index contributed by atoms with van der Waals surface area (Å²) < 4.78 is 6.30. The lowest BCUT2D eigenvalue weighted by Gasteiger charge is -2.15. The van der Waals surface area contributed by atoms with E-state index in [4.69, 9.17) is 11.6 Å². The smallest absolute Gasteiger partial charge is 0.256 e. The number of hydrogen-bond donors (Lipinski definition) is 3. The first kappa shape index (κ1) is 13.1. The SMILES string of the molecule is C[C@H](C(=O)NN)n1c(-c2nonc2N)nc2ccccc21. The molecule has 0 spiro atoms. The zero-order chi connectivity index (χ0) is 15.0. The molecule has 5 N–H and O–H groups in total. The number of carbonyl (C=O) groups is 1. The van der Waals surface area contributed by atoms with Gasteiger partial charge in [-0.25, -0.2) is 15.5 Å². The number of benzene rings is 1. The summed E-state index contributed by atoms with van der Waals surface area (Å²) in [5.74, 6) is 5.35. The van der Waals surface area contributed by atoms with E-state index in [-0.39, 0.29) is 17.4 Å². The minimum atomic E-state index is -0.603. The third-order valence-corrected chi connectivity index (χ3v) is 3.23. The van der Waals surface area contributed by atoms with E-state index in [1.54, 1.807) is 11.5 Å². The van der Waals surface area contributed by atoms with Crippen LogP contribution in [0.1, 0.15) is 13.0 Å². The van der Waals surface area contributed by atoms with Crippen LogP contribution in [0.25, 0.3) is 22.6 Å². The summed E-state index contributed by atoms with van der Waals surface area (Å²) in [6.45, 7) is 1.70. The number of para-hydroxylation sites is 2. The molecule has 0 saturated heterocycles. The predicted molar refractivity (Wildman–Crippen MR) is 74.5 cm³/mol. The van der Waals surface area contributed by atoms with Gasteiger partial charge in [-0.05, 0) is 29.4 Å². The quantitative estimate of drug-likeness (QED) is 0.356. The van der Waals surface area contributed by atoms with Gasteiger partial charge in [-0.2, -0.15) is 0 Å². The van der Waals surface area contributed by atoms with E-state index in [1.165, 1.54) is 0 Å². The van der Waals surface area contributed by atoms with Crippen molar-refractivity contribution in [2.45, 2.75) is 13.0 Å². The number of hydrazine groups is 1. The van der Waals surface area contributed by atoms with Gasteiger partial charge < -0.3 is 10.3 Å². The number of nitrogens with zero attached hydrogens (tertiary/aromatic N) is 4. The third kappa shape index (κ3) is 1.99. The third-order valence-electron chi connectivity index (χ3n) is 3.23. The molecule has 0 aliphatic carbocycles. The molecular weight excluding hydrogens is 274 g/mol. The van der Waals surface area contributed by atoms with Crippen molar-refractivity contribution in [2.24, 2.45) is 5.84 Å². The van der Waals surface area contributed by atoms with Crippen molar-refractivity contribution in [1.82, 2.24) is 25.3 Å². The average molecular weight is 287 g/mol. The van der Waals surface area contributed by atoms with Crippen LogP contribution < -0.4 is 17.0 Å². The molecule has 3 aromatic rings. The fraction of sp³-hybridized carbons (Fsp3) is 0.167. The number of hydrogen-bond acceptors (Lipinski definition) is 7. The molecule has 0 unspecified atom stereocenters. The van der Waals surface area contributed by atoms with Crippen molar-refractivity contribution >= 4 is 22.8 Å². The van der Waals surface area contributed by atoms with Gasteiger partial charge in [-0.15, -0.1) is 0 Å². The fourth-order valence-corrected chi connectivity index (χ4v) is 2.19. The zero-order valence-corrected chi connectivity index (χ0v) is 11.1. The maximum atomic E-state index is 11.9. The first-order chi connectivity index (χ1) is 10.1. The van der Waals surface area contributed by atoms with Gasteiger partial charge in [0.2, 0.25) is 0 Å². The molecule has 1 atom stereocenters. The molecule has 2 aromatic heterocycles. The summed E-state index contributed by atoms with van der Waals surface area (Å²) in [6.07, 6.45) is 0. The number of aromatic nitrogens is 4. The highest BCUT2D eigenvalue weighted by atomic mass is 16.6. The normalized spacial score (nSPS) is 12.5. The Morgan fingerprint density at radius 1 is 1.38 bits per heavy atom. The van der Waals surface area contributed by atoms with E-state index in [9.17, 15) is 4.79 Å². The Morgan fingerprint density at radius 2 is 2.14 bits per heavy atom.